The molecule has 0 aliphatic carbocycles. The van der Waals surface area contributed by atoms with Gasteiger partial charge in [0.2, 0.25) is 0 Å². The average Bonchev–Trinajstić information content (AvgIpc) is 2.71. The van der Waals surface area contributed by atoms with Gasteiger partial charge < -0.3 is 25.2 Å². The Morgan fingerprint density at radius 3 is 2.55 bits per heavy atom. The molecule has 0 aromatic heterocycles. The van der Waals surface area contributed by atoms with Crippen LogP contribution in [0.4, 0.5) is 13.2 Å². The minimum atomic E-state index is -4.48. The van der Waals surface area contributed by atoms with E-state index in [4.69, 9.17) is 19.4 Å². The van der Waals surface area contributed by atoms with Crippen LogP contribution in [-0.2, 0) is 4.79 Å². The Hall–Kier alpha value is -2.49. The average molecular weight is 448 g/mol. The molecule has 176 valence electrons. The Bertz CT molecular complexity index is 688. The summed E-state index contributed by atoms with van der Waals surface area (Å²) in [6.07, 6.45) is 0.481. The van der Waals surface area contributed by atoms with Crippen molar-refractivity contribution in [1.29, 1.82) is 0 Å². The number of piperidine rings is 1. The lowest BCUT2D eigenvalue weighted by atomic mass is 10.0. The second-order valence-corrected chi connectivity index (χ2v) is 7.14. The van der Waals surface area contributed by atoms with Crippen LogP contribution in [0.2, 0.25) is 0 Å². The van der Waals surface area contributed by atoms with Crippen molar-refractivity contribution in [3.8, 4) is 11.5 Å². The lowest BCUT2D eigenvalue weighted by Gasteiger charge is -2.24. The molecule has 0 radical (unpaired) electrons. The quantitative estimate of drug-likeness (QED) is 0.498. The smallest absolute Gasteiger partial charge is 0.422 e. The first-order valence-corrected chi connectivity index (χ1v) is 10.3. The van der Waals surface area contributed by atoms with Crippen LogP contribution in [0.1, 0.15) is 56.3 Å². The fourth-order valence-corrected chi connectivity index (χ4v) is 2.81. The number of aliphatic carboxylic acids is 1. The van der Waals surface area contributed by atoms with Crippen LogP contribution in [0, 0.1) is 0 Å². The molecule has 1 aromatic carbocycles. The summed E-state index contributed by atoms with van der Waals surface area (Å²) >= 11 is 0. The molecule has 7 nitrogen and oxygen atoms in total. The Morgan fingerprint density at radius 1 is 1.26 bits per heavy atom. The van der Waals surface area contributed by atoms with E-state index >= 15 is 0 Å². The molecule has 1 aromatic rings. The SMILES string of the molecule is CC(=O)O.CCCCOc1ccc(OCC(F)(F)F)c(C(=O)NCC2CCCCN2)c1. The zero-order valence-corrected chi connectivity index (χ0v) is 17.9. The number of unbranched alkanes of at least 4 members (excludes halogenated alkanes) is 1. The van der Waals surface area contributed by atoms with Crippen molar-refractivity contribution < 1.29 is 37.3 Å². The zero-order valence-electron chi connectivity index (χ0n) is 17.9. The van der Waals surface area contributed by atoms with Gasteiger partial charge in [0.1, 0.15) is 11.5 Å². The maximum absolute atomic E-state index is 12.6. The number of nitrogens with one attached hydrogen (secondary N) is 2. The van der Waals surface area contributed by atoms with Crippen molar-refractivity contribution in [1.82, 2.24) is 10.6 Å². The van der Waals surface area contributed by atoms with Gasteiger partial charge >= 0.3 is 6.18 Å². The van der Waals surface area contributed by atoms with Crippen molar-refractivity contribution in [3.05, 3.63) is 23.8 Å². The largest absolute Gasteiger partial charge is 0.494 e. The highest BCUT2D eigenvalue weighted by molar-refractivity contribution is 5.97. The summed E-state index contributed by atoms with van der Waals surface area (Å²) in [5.74, 6) is -0.978. The third-order valence-electron chi connectivity index (χ3n) is 4.28. The van der Waals surface area contributed by atoms with Crippen LogP contribution in [0.25, 0.3) is 0 Å². The number of amides is 1. The molecule has 1 atom stereocenters. The number of carbonyl (C=O) groups excluding carboxylic acids is 1. The number of halogens is 3. The van der Waals surface area contributed by atoms with Gasteiger partial charge in [0.25, 0.3) is 11.9 Å². The number of rotatable bonds is 9. The van der Waals surface area contributed by atoms with Gasteiger partial charge in [-0.1, -0.05) is 19.8 Å². The number of alkyl halides is 3. The van der Waals surface area contributed by atoms with Gasteiger partial charge in [-0.05, 0) is 44.0 Å². The second kappa shape index (κ2) is 13.7. The number of benzene rings is 1. The summed E-state index contributed by atoms with van der Waals surface area (Å²) in [6, 6.07) is 4.47. The minimum absolute atomic E-state index is 0.0454. The Morgan fingerprint density at radius 2 is 1.97 bits per heavy atom. The molecule has 0 spiro atoms. The molecule has 10 heteroatoms. The van der Waals surface area contributed by atoms with Crippen LogP contribution in [0.3, 0.4) is 0 Å². The van der Waals surface area contributed by atoms with Gasteiger partial charge in [0.05, 0.1) is 12.2 Å². The first-order valence-electron chi connectivity index (χ1n) is 10.3. The molecule has 1 fully saturated rings. The Balaban J connectivity index is 0.00000110. The molecule has 0 bridgehead atoms. The summed E-state index contributed by atoms with van der Waals surface area (Å²) in [5, 5.41) is 13.5. The van der Waals surface area contributed by atoms with Crippen molar-refractivity contribution in [3.63, 3.8) is 0 Å². The van der Waals surface area contributed by atoms with E-state index in [1.165, 1.54) is 18.2 Å². The molecule has 3 N–H and O–H groups in total. The molecule has 1 amide bonds. The second-order valence-electron chi connectivity index (χ2n) is 7.14. The maximum Gasteiger partial charge on any atom is 0.422 e. The van der Waals surface area contributed by atoms with Gasteiger partial charge in [0, 0.05) is 19.5 Å². The highest BCUT2D eigenvalue weighted by atomic mass is 19.4. The predicted octanol–water partition coefficient (Wildman–Crippen LogP) is 3.77. The van der Waals surface area contributed by atoms with Crippen LogP contribution in [0.15, 0.2) is 18.2 Å². The van der Waals surface area contributed by atoms with Gasteiger partial charge in [-0.2, -0.15) is 13.2 Å². The number of carboxylic acids is 1. The monoisotopic (exact) mass is 448 g/mol. The summed E-state index contributed by atoms with van der Waals surface area (Å²) in [6.45, 7) is 3.45. The van der Waals surface area contributed by atoms with Crippen LogP contribution in [-0.4, -0.2) is 55.5 Å². The first-order chi connectivity index (χ1) is 14.6. The molecule has 0 saturated carbocycles. The molecule has 1 aliphatic heterocycles. The normalized spacial score (nSPS) is 16.0. The Labute approximate surface area is 180 Å². The van der Waals surface area contributed by atoms with Crippen molar-refractivity contribution in [2.24, 2.45) is 0 Å². The van der Waals surface area contributed by atoms with E-state index in [0.29, 0.717) is 18.9 Å². The lowest BCUT2D eigenvalue weighted by molar-refractivity contribution is -0.153. The predicted molar refractivity (Wildman–Crippen MR) is 110 cm³/mol. The van der Waals surface area contributed by atoms with Crippen LogP contribution < -0.4 is 20.1 Å². The van der Waals surface area contributed by atoms with Crippen LogP contribution >= 0.6 is 0 Å². The number of carboxylic acid groups (broad SMARTS) is 1. The van der Waals surface area contributed by atoms with Crippen molar-refractivity contribution >= 4 is 11.9 Å². The summed E-state index contributed by atoms with van der Waals surface area (Å²) in [5.41, 5.74) is 0.0454. The van der Waals surface area contributed by atoms with Crippen LogP contribution in [0.5, 0.6) is 11.5 Å². The first kappa shape index (κ1) is 26.5. The van der Waals surface area contributed by atoms with Crippen molar-refractivity contribution in [2.45, 2.75) is 58.2 Å². The highest BCUT2D eigenvalue weighted by Gasteiger charge is 2.29. The fourth-order valence-electron chi connectivity index (χ4n) is 2.81. The van der Waals surface area contributed by atoms with E-state index in [-0.39, 0.29) is 17.4 Å². The minimum Gasteiger partial charge on any atom is -0.494 e. The van der Waals surface area contributed by atoms with Gasteiger partial charge in [0.15, 0.2) is 6.61 Å². The van der Waals surface area contributed by atoms with E-state index in [2.05, 4.69) is 10.6 Å². The molecule has 1 unspecified atom stereocenters. The fraction of sp³-hybridized carbons (Fsp3) is 0.619. The summed E-state index contributed by atoms with van der Waals surface area (Å²) in [7, 11) is 0. The van der Waals surface area contributed by atoms with E-state index < -0.39 is 24.7 Å². The van der Waals surface area contributed by atoms with E-state index in [0.717, 1.165) is 45.6 Å². The number of hydrogen-bond acceptors (Lipinski definition) is 5. The third kappa shape index (κ3) is 12.1. The lowest BCUT2D eigenvalue weighted by Crippen LogP contribution is -2.43. The van der Waals surface area contributed by atoms with Crippen molar-refractivity contribution in [2.75, 3.05) is 26.3 Å². The van der Waals surface area contributed by atoms with E-state index in [9.17, 15) is 18.0 Å². The van der Waals surface area contributed by atoms with Gasteiger partial charge in [-0.25, -0.2) is 0 Å². The topological polar surface area (TPSA) is 96.9 Å². The summed E-state index contributed by atoms with van der Waals surface area (Å²) < 4.78 is 47.9. The number of hydrogen-bond donors (Lipinski definition) is 3. The van der Waals surface area contributed by atoms with E-state index in [1.807, 2.05) is 6.92 Å². The molecular formula is C21H31F3N2O5. The van der Waals surface area contributed by atoms with E-state index in [1.54, 1.807) is 0 Å². The zero-order chi connectivity index (χ0) is 23.3. The highest BCUT2D eigenvalue weighted by Crippen LogP contribution is 2.27. The molecule has 2 rings (SSSR count). The maximum atomic E-state index is 12.6. The third-order valence-corrected chi connectivity index (χ3v) is 4.28. The molecular weight excluding hydrogens is 417 g/mol. The number of ether oxygens (including phenoxy) is 2. The summed E-state index contributed by atoms with van der Waals surface area (Å²) in [4.78, 5) is 21.6. The molecule has 1 heterocycles. The molecule has 31 heavy (non-hydrogen) atoms. The molecule has 1 saturated heterocycles. The Kier molecular flexibility index (Phi) is 11.8. The molecule has 1 aliphatic rings. The van der Waals surface area contributed by atoms with Gasteiger partial charge in [-0.3, -0.25) is 9.59 Å². The standard InChI is InChI=1S/C19H27F3N2O3.C2H4O2/c1-2-3-10-26-15-7-8-17(27-13-19(20,21)22)16(11-15)18(25)24-12-14-6-4-5-9-23-14;1-2(3)4/h7-8,11,14,23H,2-6,9-10,12-13H2,1H3,(H,24,25);1H3,(H,3,4). The van der Waals surface area contributed by atoms with Gasteiger partial charge in [-0.15, -0.1) is 0 Å². The number of carbonyl (C=O) groups is 2.